The third kappa shape index (κ3) is 5.66. The van der Waals surface area contributed by atoms with Gasteiger partial charge in [-0.2, -0.15) is 0 Å². The van der Waals surface area contributed by atoms with E-state index in [-0.39, 0.29) is 0 Å². The summed E-state index contributed by atoms with van der Waals surface area (Å²) in [6.07, 6.45) is 0. The molecule has 298 valence electrons. The zero-order chi connectivity index (χ0) is 42.1. The van der Waals surface area contributed by atoms with Crippen LogP contribution in [0.5, 0.6) is 0 Å². The van der Waals surface area contributed by atoms with Crippen molar-refractivity contribution < 1.29 is 0 Å². The highest BCUT2D eigenvalue weighted by Crippen LogP contribution is 2.51. The minimum atomic E-state index is 1.09. The first-order chi connectivity index (χ1) is 31.8. The topological polar surface area (TPSA) is 8.17 Å². The summed E-state index contributed by atoms with van der Waals surface area (Å²) in [5, 5.41) is 8.85. The molecule has 0 radical (unpaired) electrons. The Morgan fingerprint density at radius 1 is 0.312 bits per heavy atom. The average molecular weight is 813 g/mol. The van der Waals surface area contributed by atoms with Gasteiger partial charge in [0.25, 0.3) is 0 Å². The predicted octanol–water partition coefficient (Wildman–Crippen LogP) is 17.2. The van der Waals surface area contributed by atoms with E-state index in [0.29, 0.717) is 0 Å². The Bertz CT molecular complexity index is 3640. The van der Waals surface area contributed by atoms with Crippen molar-refractivity contribution in [1.29, 1.82) is 0 Å². The van der Waals surface area contributed by atoms with Gasteiger partial charge < -0.3 is 9.47 Å². The van der Waals surface area contributed by atoms with Gasteiger partial charge >= 0.3 is 0 Å². The van der Waals surface area contributed by atoms with E-state index < -0.39 is 0 Å². The Kier molecular flexibility index (Phi) is 8.25. The van der Waals surface area contributed by atoms with Crippen LogP contribution in [0.2, 0.25) is 0 Å². The van der Waals surface area contributed by atoms with E-state index in [4.69, 9.17) is 0 Å². The fourth-order valence-electron chi connectivity index (χ4n) is 10.4. The molecule has 0 amide bonds. The number of benzene rings is 11. The highest BCUT2D eigenvalue weighted by Gasteiger charge is 2.26. The molecule has 0 unspecified atom stereocenters. The summed E-state index contributed by atoms with van der Waals surface area (Å²) >= 11 is 0. The number of hydrogen-bond donors (Lipinski definition) is 0. The monoisotopic (exact) mass is 812 g/mol. The summed E-state index contributed by atoms with van der Waals surface area (Å²) in [5.41, 5.74) is 18.0. The van der Waals surface area contributed by atoms with Gasteiger partial charge in [0.2, 0.25) is 0 Å². The molecule has 0 fully saturated rings. The van der Waals surface area contributed by atoms with E-state index in [2.05, 4.69) is 252 Å². The summed E-state index contributed by atoms with van der Waals surface area (Å²) in [4.78, 5) is 2.44. The third-order valence-corrected chi connectivity index (χ3v) is 13.3. The molecule has 0 spiro atoms. The number of aromatic nitrogens is 1. The van der Waals surface area contributed by atoms with Gasteiger partial charge in [0.05, 0.1) is 16.9 Å². The van der Waals surface area contributed by atoms with Gasteiger partial charge in [-0.25, -0.2) is 0 Å². The summed E-state index contributed by atoms with van der Waals surface area (Å²) < 4.78 is 2.43. The molecule has 0 bridgehead atoms. The molecule has 0 saturated heterocycles. The minimum absolute atomic E-state index is 1.09. The largest absolute Gasteiger partial charge is 0.310 e. The summed E-state index contributed by atoms with van der Waals surface area (Å²) in [6.45, 7) is 0. The van der Waals surface area contributed by atoms with Crippen LogP contribution in [0.1, 0.15) is 0 Å². The molecule has 1 aliphatic rings. The SMILES string of the molecule is c1ccc(-c2c(-c3ccc(N(c4ccc(-c5ccc6c(ccc7ccccc76)c5)cc4)c4ccc5c6c(cccc46)-c4ccccc4-5)cc3)n(-c3ccccc3)c3ccccc23)cc1. The zero-order valence-corrected chi connectivity index (χ0v) is 35.0. The fraction of sp³-hybridized carbons (Fsp3) is 0. The fourth-order valence-corrected chi connectivity index (χ4v) is 10.4. The molecular formula is C62H40N2. The Morgan fingerprint density at radius 3 is 1.64 bits per heavy atom. The molecule has 2 nitrogen and oxygen atoms in total. The van der Waals surface area contributed by atoms with Crippen LogP contribution in [0.15, 0.2) is 243 Å². The average Bonchev–Trinajstić information content (AvgIpc) is 3.89. The number of para-hydroxylation sites is 2. The zero-order valence-electron chi connectivity index (χ0n) is 35.0. The molecule has 11 aromatic carbocycles. The maximum absolute atomic E-state index is 2.44. The summed E-state index contributed by atoms with van der Waals surface area (Å²) in [7, 11) is 0. The second-order valence-corrected chi connectivity index (χ2v) is 16.8. The smallest absolute Gasteiger partial charge is 0.0619 e. The van der Waals surface area contributed by atoms with Crippen LogP contribution in [0.25, 0.3) is 105 Å². The lowest BCUT2D eigenvalue weighted by atomic mass is 9.97. The van der Waals surface area contributed by atoms with E-state index in [1.54, 1.807) is 0 Å². The highest BCUT2D eigenvalue weighted by atomic mass is 15.1. The van der Waals surface area contributed by atoms with Crippen LogP contribution in [0.3, 0.4) is 0 Å². The van der Waals surface area contributed by atoms with E-state index in [9.17, 15) is 0 Å². The van der Waals surface area contributed by atoms with Crippen molar-refractivity contribution >= 4 is 60.3 Å². The first-order valence-corrected chi connectivity index (χ1v) is 22.1. The van der Waals surface area contributed by atoms with E-state index in [1.165, 1.54) is 93.4 Å². The second-order valence-electron chi connectivity index (χ2n) is 16.8. The molecule has 12 aromatic rings. The molecule has 0 saturated carbocycles. The molecule has 0 aliphatic heterocycles. The summed E-state index contributed by atoms with van der Waals surface area (Å²) in [5.74, 6) is 0. The van der Waals surface area contributed by atoms with Crippen molar-refractivity contribution in [2.24, 2.45) is 0 Å². The van der Waals surface area contributed by atoms with E-state index in [0.717, 1.165) is 28.3 Å². The number of hydrogen-bond acceptors (Lipinski definition) is 1. The van der Waals surface area contributed by atoms with Gasteiger partial charge in [-0.3, -0.25) is 0 Å². The van der Waals surface area contributed by atoms with Crippen LogP contribution in [0, 0.1) is 0 Å². The number of nitrogens with zero attached hydrogens (tertiary/aromatic N) is 2. The van der Waals surface area contributed by atoms with Crippen LogP contribution in [-0.2, 0) is 0 Å². The van der Waals surface area contributed by atoms with Gasteiger partial charge in [-0.1, -0.05) is 188 Å². The van der Waals surface area contributed by atoms with Crippen molar-refractivity contribution in [3.63, 3.8) is 0 Å². The highest BCUT2D eigenvalue weighted by molar-refractivity contribution is 6.19. The van der Waals surface area contributed by atoms with Gasteiger partial charge in [-0.05, 0) is 126 Å². The van der Waals surface area contributed by atoms with Crippen molar-refractivity contribution in [2.45, 2.75) is 0 Å². The molecule has 0 N–H and O–H groups in total. The van der Waals surface area contributed by atoms with Crippen LogP contribution in [0.4, 0.5) is 17.1 Å². The molecule has 1 heterocycles. The normalized spacial score (nSPS) is 11.8. The molecule has 1 aromatic heterocycles. The lowest BCUT2D eigenvalue weighted by Crippen LogP contribution is -2.10. The first-order valence-electron chi connectivity index (χ1n) is 22.1. The maximum atomic E-state index is 2.44. The predicted molar refractivity (Wildman–Crippen MR) is 271 cm³/mol. The maximum Gasteiger partial charge on any atom is 0.0619 e. The molecule has 64 heavy (non-hydrogen) atoms. The van der Waals surface area contributed by atoms with E-state index >= 15 is 0 Å². The van der Waals surface area contributed by atoms with Crippen molar-refractivity contribution in [2.75, 3.05) is 4.90 Å². The first kappa shape index (κ1) is 36.2. The quantitative estimate of drug-likeness (QED) is 0.146. The Hall–Kier alpha value is -8.46. The minimum Gasteiger partial charge on any atom is -0.310 e. The third-order valence-electron chi connectivity index (χ3n) is 13.3. The van der Waals surface area contributed by atoms with Crippen LogP contribution < -0.4 is 4.90 Å². The van der Waals surface area contributed by atoms with Gasteiger partial charge in [0, 0.05) is 33.4 Å². The number of rotatable bonds is 7. The Balaban J connectivity index is 0.980. The Morgan fingerprint density at radius 2 is 0.875 bits per heavy atom. The summed E-state index contributed by atoms with van der Waals surface area (Å²) in [6, 6.07) is 89.0. The van der Waals surface area contributed by atoms with Gasteiger partial charge in [0.1, 0.15) is 0 Å². The van der Waals surface area contributed by atoms with Gasteiger partial charge in [0.15, 0.2) is 0 Å². The van der Waals surface area contributed by atoms with Crippen LogP contribution >= 0.6 is 0 Å². The van der Waals surface area contributed by atoms with Crippen molar-refractivity contribution in [1.82, 2.24) is 4.57 Å². The molecular weight excluding hydrogens is 773 g/mol. The van der Waals surface area contributed by atoms with Crippen molar-refractivity contribution in [3.8, 4) is 61.5 Å². The number of fused-ring (bicyclic) bond motifs is 7. The van der Waals surface area contributed by atoms with Crippen LogP contribution in [-0.4, -0.2) is 4.57 Å². The lowest BCUT2D eigenvalue weighted by Gasteiger charge is -2.28. The molecule has 0 atom stereocenters. The second kappa shape index (κ2) is 14.6. The molecule has 2 heteroatoms. The molecule has 13 rings (SSSR count). The lowest BCUT2D eigenvalue weighted by molar-refractivity contribution is 1.13. The number of anilines is 3. The standard InChI is InChI=1S/C62H40N2/c1-3-15-43(16-4-1)60-56-22-11-12-25-58(56)64(47-17-5-2-6-18-47)62(60)44-30-35-49(36-31-44)63(59-39-38-55-53-21-10-9-20-52(53)54-23-13-24-57(59)61(54)55)48-33-28-41(29-34-48)45-32-37-51-46(40-45)27-26-42-14-7-8-19-50(42)51/h1-40H. The molecule has 1 aliphatic carbocycles. The van der Waals surface area contributed by atoms with E-state index in [1.807, 2.05) is 0 Å². The van der Waals surface area contributed by atoms with Crippen molar-refractivity contribution in [3.05, 3.63) is 243 Å². The van der Waals surface area contributed by atoms with Gasteiger partial charge in [-0.15, -0.1) is 0 Å². The Labute approximate surface area is 372 Å².